The van der Waals surface area contributed by atoms with Crippen molar-refractivity contribution in [3.63, 3.8) is 0 Å². The van der Waals surface area contributed by atoms with E-state index in [4.69, 9.17) is 17.3 Å². The van der Waals surface area contributed by atoms with Crippen molar-refractivity contribution in [2.45, 2.75) is 5.03 Å². The van der Waals surface area contributed by atoms with E-state index in [-0.39, 0.29) is 10.7 Å². The summed E-state index contributed by atoms with van der Waals surface area (Å²) in [5.74, 6) is 0. The number of nitrogens with zero attached hydrogens (tertiary/aromatic N) is 1. The molecular weight excluding hydrogens is 354 g/mol. The highest BCUT2D eigenvalue weighted by Gasteiger charge is 2.19. The minimum Gasteiger partial charge on any atom is -0.396 e. The Bertz CT molecular complexity index is 722. The van der Waals surface area contributed by atoms with Crippen LogP contribution in [0.4, 0.5) is 11.4 Å². The molecule has 0 aliphatic carbocycles. The lowest BCUT2D eigenvalue weighted by atomic mass is 10.3. The molecule has 0 amide bonds. The lowest BCUT2D eigenvalue weighted by molar-refractivity contribution is 0.598. The van der Waals surface area contributed by atoms with Crippen molar-refractivity contribution in [2.24, 2.45) is 0 Å². The quantitative estimate of drug-likeness (QED) is 0.879. The third-order valence-corrected chi connectivity index (χ3v) is 4.81. The molecule has 0 saturated heterocycles. The Balaban J connectivity index is 2.37. The predicted molar refractivity (Wildman–Crippen MR) is 78.6 cm³/mol. The Kier molecular flexibility index (Phi) is 3.98. The molecule has 0 aliphatic rings. The molecule has 3 N–H and O–H groups in total. The predicted octanol–water partition coefficient (Wildman–Crippen LogP) is 2.88. The average Bonchev–Trinajstić information content (AvgIpc) is 2.34. The van der Waals surface area contributed by atoms with E-state index in [0.717, 1.165) is 0 Å². The molecule has 0 bridgehead atoms. The molecule has 0 unspecified atom stereocenters. The lowest BCUT2D eigenvalue weighted by Gasteiger charge is -2.09. The number of pyridine rings is 1. The molecule has 0 atom stereocenters. The molecular formula is C11H9BrClN3O2S. The van der Waals surface area contributed by atoms with Crippen LogP contribution in [0.25, 0.3) is 0 Å². The molecule has 1 aromatic carbocycles. The van der Waals surface area contributed by atoms with Gasteiger partial charge in [0.1, 0.15) is 0 Å². The maximum absolute atomic E-state index is 12.1. The summed E-state index contributed by atoms with van der Waals surface area (Å²) < 4.78 is 27.3. The number of anilines is 2. The largest absolute Gasteiger partial charge is 0.396 e. The highest BCUT2D eigenvalue weighted by atomic mass is 79.9. The smallest absolute Gasteiger partial charge is 0.281 e. The van der Waals surface area contributed by atoms with Gasteiger partial charge in [-0.2, -0.15) is 8.42 Å². The summed E-state index contributed by atoms with van der Waals surface area (Å²) in [4.78, 5) is 3.77. The fourth-order valence-corrected chi connectivity index (χ4v) is 2.93. The zero-order valence-corrected chi connectivity index (χ0v) is 12.6. The number of nitrogen functional groups attached to an aromatic ring is 1. The molecule has 100 valence electrons. The Morgan fingerprint density at radius 1 is 1.32 bits per heavy atom. The van der Waals surface area contributed by atoms with Crippen LogP contribution in [-0.4, -0.2) is 13.4 Å². The number of nitrogens with two attached hydrogens (primary N) is 1. The van der Waals surface area contributed by atoms with Crippen molar-refractivity contribution in [2.75, 3.05) is 10.5 Å². The maximum atomic E-state index is 12.1. The van der Waals surface area contributed by atoms with Crippen LogP contribution >= 0.6 is 27.5 Å². The van der Waals surface area contributed by atoms with Gasteiger partial charge in [-0.05, 0) is 46.3 Å². The molecule has 19 heavy (non-hydrogen) atoms. The van der Waals surface area contributed by atoms with Crippen LogP contribution < -0.4 is 10.5 Å². The average molecular weight is 363 g/mol. The van der Waals surface area contributed by atoms with E-state index in [0.29, 0.717) is 15.2 Å². The third-order valence-electron chi connectivity index (χ3n) is 2.23. The molecule has 5 nitrogen and oxygen atoms in total. The highest BCUT2D eigenvalue weighted by Crippen LogP contribution is 2.27. The van der Waals surface area contributed by atoms with E-state index in [1.165, 1.54) is 18.3 Å². The summed E-state index contributed by atoms with van der Waals surface area (Å²) in [5, 5.41) is 0.184. The zero-order valence-electron chi connectivity index (χ0n) is 9.47. The van der Waals surface area contributed by atoms with Crippen molar-refractivity contribution in [1.29, 1.82) is 0 Å². The number of aromatic nitrogens is 1. The van der Waals surface area contributed by atoms with Gasteiger partial charge in [0, 0.05) is 10.7 Å². The standard InChI is InChI=1S/C11H9BrClN3O2S/c12-8-4-3-7(6-9(8)13)16-19(17,18)11-10(14)2-1-5-15-11/h1-6,16H,14H2. The second-order valence-electron chi connectivity index (χ2n) is 3.63. The number of rotatable bonds is 3. The van der Waals surface area contributed by atoms with Gasteiger partial charge in [0.05, 0.1) is 16.4 Å². The number of nitrogens with one attached hydrogen (secondary N) is 1. The van der Waals surface area contributed by atoms with E-state index in [1.54, 1.807) is 18.2 Å². The van der Waals surface area contributed by atoms with Gasteiger partial charge in [0.2, 0.25) is 0 Å². The van der Waals surface area contributed by atoms with Gasteiger partial charge < -0.3 is 5.73 Å². The Hall–Kier alpha value is -1.31. The van der Waals surface area contributed by atoms with Crippen molar-refractivity contribution in [3.8, 4) is 0 Å². The topological polar surface area (TPSA) is 85.1 Å². The number of halogens is 2. The van der Waals surface area contributed by atoms with Gasteiger partial charge >= 0.3 is 0 Å². The van der Waals surface area contributed by atoms with E-state index in [9.17, 15) is 8.42 Å². The Labute approximate surface area is 124 Å². The zero-order chi connectivity index (χ0) is 14.0. The van der Waals surface area contributed by atoms with Crippen LogP contribution in [0, 0.1) is 0 Å². The number of hydrogen-bond acceptors (Lipinski definition) is 4. The maximum Gasteiger partial charge on any atom is 0.281 e. The summed E-state index contributed by atoms with van der Waals surface area (Å²) in [5.41, 5.74) is 6.01. The summed E-state index contributed by atoms with van der Waals surface area (Å²) >= 11 is 9.12. The first-order valence-corrected chi connectivity index (χ1v) is 7.74. The lowest BCUT2D eigenvalue weighted by Crippen LogP contribution is -2.16. The van der Waals surface area contributed by atoms with E-state index >= 15 is 0 Å². The molecule has 1 heterocycles. The van der Waals surface area contributed by atoms with Crippen LogP contribution in [0.3, 0.4) is 0 Å². The van der Waals surface area contributed by atoms with E-state index in [1.807, 2.05) is 0 Å². The Morgan fingerprint density at radius 2 is 2.05 bits per heavy atom. The Morgan fingerprint density at radius 3 is 2.68 bits per heavy atom. The number of sulfonamides is 1. The summed E-state index contributed by atoms with van der Waals surface area (Å²) in [6.07, 6.45) is 1.36. The summed E-state index contributed by atoms with van der Waals surface area (Å²) in [6.45, 7) is 0. The van der Waals surface area contributed by atoms with Crippen LogP contribution in [0.2, 0.25) is 5.02 Å². The summed E-state index contributed by atoms with van der Waals surface area (Å²) in [6, 6.07) is 7.73. The van der Waals surface area contributed by atoms with Crippen molar-refractivity contribution < 1.29 is 8.42 Å². The first-order chi connectivity index (χ1) is 8.90. The first kappa shape index (κ1) is 14.1. The molecule has 8 heteroatoms. The van der Waals surface area contributed by atoms with Crippen LogP contribution in [-0.2, 0) is 10.0 Å². The molecule has 0 radical (unpaired) electrons. The van der Waals surface area contributed by atoms with Gasteiger partial charge in [0.15, 0.2) is 5.03 Å². The van der Waals surface area contributed by atoms with Gasteiger partial charge in [0.25, 0.3) is 10.0 Å². The molecule has 0 spiro atoms. The molecule has 2 aromatic rings. The summed E-state index contributed by atoms with van der Waals surface area (Å²) in [7, 11) is -3.83. The molecule has 0 fully saturated rings. The monoisotopic (exact) mass is 361 g/mol. The normalized spacial score (nSPS) is 11.3. The first-order valence-electron chi connectivity index (χ1n) is 5.08. The third kappa shape index (κ3) is 3.17. The van der Waals surface area contributed by atoms with Crippen LogP contribution in [0.15, 0.2) is 46.0 Å². The van der Waals surface area contributed by atoms with Crippen LogP contribution in [0.5, 0.6) is 0 Å². The number of benzene rings is 1. The van der Waals surface area contributed by atoms with Gasteiger partial charge in [-0.3, -0.25) is 4.72 Å². The van der Waals surface area contributed by atoms with Gasteiger partial charge in [-0.1, -0.05) is 11.6 Å². The molecule has 2 rings (SSSR count). The fraction of sp³-hybridized carbons (Fsp3) is 0. The highest BCUT2D eigenvalue weighted by molar-refractivity contribution is 9.10. The van der Waals surface area contributed by atoms with Crippen molar-refractivity contribution in [1.82, 2.24) is 4.98 Å². The van der Waals surface area contributed by atoms with Crippen molar-refractivity contribution >= 4 is 48.9 Å². The molecule has 0 saturated carbocycles. The number of hydrogen-bond donors (Lipinski definition) is 2. The fourth-order valence-electron chi connectivity index (χ4n) is 1.39. The minimum atomic E-state index is -3.83. The SMILES string of the molecule is Nc1cccnc1S(=O)(=O)Nc1ccc(Br)c(Cl)c1. The second-order valence-corrected chi connectivity index (χ2v) is 6.49. The van der Waals surface area contributed by atoms with Crippen molar-refractivity contribution in [3.05, 3.63) is 46.0 Å². The van der Waals surface area contributed by atoms with Gasteiger partial charge in [-0.25, -0.2) is 4.98 Å². The minimum absolute atomic E-state index is 0.0817. The van der Waals surface area contributed by atoms with E-state index in [2.05, 4.69) is 25.6 Å². The molecule has 0 aliphatic heterocycles. The van der Waals surface area contributed by atoms with E-state index < -0.39 is 10.0 Å². The van der Waals surface area contributed by atoms with Crippen LogP contribution in [0.1, 0.15) is 0 Å². The van der Waals surface area contributed by atoms with Gasteiger partial charge in [-0.15, -0.1) is 0 Å². The molecule has 1 aromatic heterocycles. The second kappa shape index (κ2) is 5.36.